The van der Waals surface area contributed by atoms with Gasteiger partial charge in [-0.15, -0.1) is 5.10 Å². The summed E-state index contributed by atoms with van der Waals surface area (Å²) >= 11 is 0. The van der Waals surface area contributed by atoms with Crippen LogP contribution in [0.4, 0.5) is 0 Å². The Labute approximate surface area is 163 Å². The van der Waals surface area contributed by atoms with Gasteiger partial charge in [0.25, 0.3) is 0 Å². The van der Waals surface area contributed by atoms with E-state index in [9.17, 15) is 23.4 Å². The fourth-order valence-electron chi connectivity index (χ4n) is 3.71. The lowest BCUT2D eigenvalue weighted by Crippen LogP contribution is -2.44. The molecule has 1 aliphatic carbocycles. The van der Waals surface area contributed by atoms with Gasteiger partial charge in [-0.25, -0.2) is 8.42 Å². The smallest absolute Gasteiger partial charge is 0.246 e. The molecule has 0 aromatic carbocycles. The summed E-state index contributed by atoms with van der Waals surface area (Å²) in [5.74, 6) is -0.309. The number of nitrogens with one attached hydrogen (secondary N) is 1. The van der Waals surface area contributed by atoms with Crippen molar-refractivity contribution in [1.82, 2.24) is 25.2 Å². The van der Waals surface area contributed by atoms with Gasteiger partial charge in [-0.05, 0) is 6.42 Å². The molecule has 4 atom stereocenters. The van der Waals surface area contributed by atoms with Crippen molar-refractivity contribution >= 4 is 15.7 Å². The summed E-state index contributed by atoms with van der Waals surface area (Å²) < 4.78 is 29.4. The molecule has 2 heterocycles. The first kappa shape index (κ1) is 21.1. The van der Waals surface area contributed by atoms with Crippen molar-refractivity contribution in [3.63, 3.8) is 0 Å². The van der Waals surface area contributed by atoms with Crippen molar-refractivity contribution in [3.05, 3.63) is 11.9 Å². The van der Waals surface area contributed by atoms with E-state index >= 15 is 0 Å². The fourth-order valence-corrected chi connectivity index (χ4v) is 4.98. The van der Waals surface area contributed by atoms with E-state index in [0.29, 0.717) is 32.6 Å². The first-order valence-corrected chi connectivity index (χ1v) is 11.1. The Hall–Kier alpha value is -1.60. The zero-order valence-corrected chi connectivity index (χ0v) is 16.6. The molecule has 1 aromatic rings. The molecule has 1 saturated carbocycles. The zero-order valence-electron chi connectivity index (χ0n) is 15.8. The highest BCUT2D eigenvalue weighted by molar-refractivity contribution is 7.91. The van der Waals surface area contributed by atoms with Gasteiger partial charge in [0.05, 0.1) is 29.3 Å². The maximum Gasteiger partial charge on any atom is 0.246 e. The number of sulfone groups is 1. The average molecular weight is 417 g/mol. The Kier molecular flexibility index (Phi) is 6.65. The quantitative estimate of drug-likeness (QED) is 0.434. The molecule has 1 amide bonds. The summed E-state index contributed by atoms with van der Waals surface area (Å²) in [4.78, 5) is 13.7. The summed E-state index contributed by atoms with van der Waals surface area (Å²) in [6.07, 6.45) is 0.146. The molecular formula is C16H27N5O6S. The number of nitrogens with zero attached hydrogens (tertiary/aromatic N) is 4. The molecule has 2 fully saturated rings. The molecule has 1 saturated heterocycles. The molecule has 28 heavy (non-hydrogen) atoms. The van der Waals surface area contributed by atoms with Crippen LogP contribution >= 0.6 is 0 Å². The van der Waals surface area contributed by atoms with E-state index in [-0.39, 0.29) is 29.9 Å². The Morgan fingerprint density at radius 1 is 1.32 bits per heavy atom. The molecular weight excluding hydrogens is 390 g/mol. The minimum absolute atomic E-state index is 0.103. The number of methoxy groups -OCH3 is 1. The summed E-state index contributed by atoms with van der Waals surface area (Å²) in [6, 6.07) is -0.541. The van der Waals surface area contributed by atoms with Gasteiger partial charge in [0.2, 0.25) is 5.91 Å². The predicted molar refractivity (Wildman–Crippen MR) is 97.9 cm³/mol. The van der Waals surface area contributed by atoms with Crippen LogP contribution in [0.1, 0.15) is 12.1 Å². The standard InChI is InChI=1S/C16H27N5O6S/c1-27-10-14(22)17-13-6-11(15(23)16(13)24)7-21-9-12(18-19-21)8-20-2-4-28(25,26)5-3-20/h9,11,13,15-16,23-24H,2-8,10H2,1H3,(H,17,22). The van der Waals surface area contributed by atoms with Gasteiger partial charge in [0.15, 0.2) is 9.84 Å². The molecule has 12 heteroatoms. The van der Waals surface area contributed by atoms with Crippen molar-refractivity contribution in [2.24, 2.45) is 5.92 Å². The number of hydrogen-bond donors (Lipinski definition) is 3. The van der Waals surface area contributed by atoms with E-state index in [1.54, 1.807) is 10.9 Å². The molecule has 0 spiro atoms. The maximum atomic E-state index is 11.7. The Bertz CT molecular complexity index is 770. The van der Waals surface area contributed by atoms with Crippen molar-refractivity contribution in [2.75, 3.05) is 38.3 Å². The summed E-state index contributed by atoms with van der Waals surface area (Å²) in [5.41, 5.74) is 0.720. The third-order valence-corrected chi connectivity index (χ3v) is 6.86. The van der Waals surface area contributed by atoms with E-state index in [2.05, 4.69) is 15.6 Å². The van der Waals surface area contributed by atoms with Gasteiger partial charge >= 0.3 is 0 Å². The van der Waals surface area contributed by atoms with Gasteiger partial charge in [-0.3, -0.25) is 14.4 Å². The van der Waals surface area contributed by atoms with Gasteiger partial charge in [-0.2, -0.15) is 0 Å². The number of hydrogen-bond acceptors (Lipinski definition) is 9. The van der Waals surface area contributed by atoms with Crippen molar-refractivity contribution in [2.45, 2.75) is 37.8 Å². The second kappa shape index (κ2) is 8.82. The Morgan fingerprint density at radius 3 is 2.71 bits per heavy atom. The van der Waals surface area contributed by atoms with Crippen LogP contribution in [0.15, 0.2) is 6.20 Å². The highest BCUT2D eigenvalue weighted by Gasteiger charge is 2.42. The minimum atomic E-state index is -2.92. The van der Waals surface area contributed by atoms with Crippen molar-refractivity contribution in [1.29, 1.82) is 0 Å². The van der Waals surface area contributed by atoms with Crippen LogP contribution in [0, 0.1) is 5.92 Å². The number of rotatable bonds is 7. The van der Waals surface area contributed by atoms with Crippen molar-refractivity contribution < 1.29 is 28.2 Å². The van der Waals surface area contributed by atoms with Gasteiger partial charge in [0, 0.05) is 45.4 Å². The topological polar surface area (TPSA) is 147 Å². The molecule has 0 bridgehead atoms. The van der Waals surface area contributed by atoms with Crippen molar-refractivity contribution in [3.8, 4) is 0 Å². The molecule has 1 aliphatic heterocycles. The number of aliphatic hydroxyl groups is 2. The van der Waals surface area contributed by atoms with E-state index < -0.39 is 28.1 Å². The summed E-state index contributed by atoms with van der Waals surface area (Å²) in [6.45, 7) is 1.72. The zero-order chi connectivity index (χ0) is 20.3. The SMILES string of the molecule is COCC(=O)NC1CC(Cn2cc(CN3CCS(=O)(=O)CC3)nn2)C(O)C1O. The molecule has 0 radical (unpaired) electrons. The molecule has 2 aliphatic rings. The van der Waals surface area contributed by atoms with E-state index in [0.717, 1.165) is 5.69 Å². The lowest BCUT2D eigenvalue weighted by Gasteiger charge is -2.25. The molecule has 11 nitrogen and oxygen atoms in total. The molecule has 158 valence electrons. The molecule has 4 unspecified atom stereocenters. The van der Waals surface area contributed by atoms with Crippen LogP contribution in [0.2, 0.25) is 0 Å². The van der Waals surface area contributed by atoms with Crippen LogP contribution in [0.5, 0.6) is 0 Å². The Balaban J connectivity index is 1.52. The first-order chi connectivity index (χ1) is 13.3. The van der Waals surface area contributed by atoms with E-state index in [1.165, 1.54) is 7.11 Å². The fraction of sp³-hybridized carbons (Fsp3) is 0.812. The van der Waals surface area contributed by atoms with Crippen LogP contribution in [0.25, 0.3) is 0 Å². The highest BCUT2D eigenvalue weighted by atomic mass is 32.2. The van der Waals surface area contributed by atoms with Crippen LogP contribution in [-0.4, -0.2) is 101 Å². The number of aliphatic hydroxyl groups excluding tert-OH is 2. The molecule has 1 aromatic heterocycles. The summed E-state index contributed by atoms with van der Waals surface area (Å²) in [5, 5.41) is 31.3. The molecule has 3 N–H and O–H groups in total. The van der Waals surface area contributed by atoms with Crippen LogP contribution < -0.4 is 5.32 Å². The number of carbonyl (C=O) groups is 1. The lowest BCUT2D eigenvalue weighted by atomic mass is 10.1. The maximum absolute atomic E-state index is 11.7. The number of carbonyl (C=O) groups excluding carboxylic acids is 1. The third kappa shape index (κ3) is 5.26. The minimum Gasteiger partial charge on any atom is -0.390 e. The monoisotopic (exact) mass is 417 g/mol. The lowest BCUT2D eigenvalue weighted by molar-refractivity contribution is -0.126. The van der Waals surface area contributed by atoms with Gasteiger partial charge in [0.1, 0.15) is 12.7 Å². The largest absolute Gasteiger partial charge is 0.390 e. The highest BCUT2D eigenvalue weighted by Crippen LogP contribution is 2.28. The van der Waals surface area contributed by atoms with E-state index in [1.807, 2.05) is 4.90 Å². The second-order valence-corrected chi connectivity index (χ2v) is 9.75. The third-order valence-electron chi connectivity index (χ3n) is 5.25. The predicted octanol–water partition coefficient (Wildman–Crippen LogP) is -2.62. The summed E-state index contributed by atoms with van der Waals surface area (Å²) in [7, 11) is -1.51. The number of amides is 1. The molecule has 3 rings (SSSR count). The van der Waals surface area contributed by atoms with Gasteiger partial charge in [-0.1, -0.05) is 5.21 Å². The first-order valence-electron chi connectivity index (χ1n) is 9.23. The number of aromatic nitrogens is 3. The van der Waals surface area contributed by atoms with E-state index in [4.69, 9.17) is 4.74 Å². The second-order valence-electron chi connectivity index (χ2n) is 7.44. The van der Waals surface area contributed by atoms with Gasteiger partial charge < -0.3 is 20.3 Å². The Morgan fingerprint density at radius 2 is 2.04 bits per heavy atom. The number of ether oxygens (including phenoxy) is 1. The normalized spacial score (nSPS) is 30.4. The van der Waals surface area contributed by atoms with Crippen LogP contribution in [0.3, 0.4) is 0 Å². The average Bonchev–Trinajstić information content (AvgIpc) is 3.17. The van der Waals surface area contributed by atoms with Crippen LogP contribution in [-0.2, 0) is 32.5 Å².